The molecule has 0 saturated heterocycles. The number of nitrogens with two attached hydrogens (primary N) is 1. The van der Waals surface area contributed by atoms with Gasteiger partial charge in [0.1, 0.15) is 0 Å². The molecule has 4 nitrogen and oxygen atoms in total. The van der Waals surface area contributed by atoms with Gasteiger partial charge in [0.05, 0.1) is 6.10 Å². The van der Waals surface area contributed by atoms with E-state index in [2.05, 4.69) is 4.18 Å². The first-order valence-electron chi connectivity index (χ1n) is 3.79. The molecule has 0 unspecified atom stereocenters. The standard InChI is InChI=1S/C6H13NO3S.Ca.Na.3H/c7-11(8,9)10-6-4-2-1-3-5-6;;;;;/h6H,1-5H2,(H2,7,8,9);;;;;. The minimum absolute atomic E-state index is 0. The third kappa shape index (κ3) is 9.08. The Labute approximate surface area is 132 Å². The summed E-state index contributed by atoms with van der Waals surface area (Å²) in [5.41, 5.74) is 0. The van der Waals surface area contributed by atoms with Gasteiger partial charge in [-0.1, -0.05) is 19.3 Å². The average molecular weight is 245 g/mol. The molecule has 0 aromatic rings. The van der Waals surface area contributed by atoms with Crippen LogP contribution in [-0.4, -0.2) is 81.8 Å². The van der Waals surface area contributed by atoms with Gasteiger partial charge in [-0.15, -0.1) is 0 Å². The van der Waals surface area contributed by atoms with Crippen LogP contribution in [0.2, 0.25) is 0 Å². The maximum atomic E-state index is 10.5. The summed E-state index contributed by atoms with van der Waals surface area (Å²) in [6, 6.07) is 0. The number of hydrogen-bond acceptors (Lipinski definition) is 3. The van der Waals surface area contributed by atoms with Gasteiger partial charge in [0.25, 0.3) is 0 Å². The molecule has 1 fully saturated rings. The average Bonchev–Trinajstić information content (AvgIpc) is 1.85. The van der Waals surface area contributed by atoms with Crippen molar-refractivity contribution < 1.29 is 12.6 Å². The molecule has 0 bridgehead atoms. The van der Waals surface area contributed by atoms with E-state index in [0.717, 1.165) is 25.7 Å². The zero-order valence-electron chi connectivity index (χ0n) is 6.32. The molecule has 1 rings (SSSR count). The summed E-state index contributed by atoms with van der Waals surface area (Å²) in [5, 5.41) is 4.72. The van der Waals surface area contributed by atoms with Crippen LogP contribution >= 0.6 is 0 Å². The topological polar surface area (TPSA) is 69.4 Å². The molecule has 0 spiro atoms. The van der Waals surface area contributed by atoms with Crippen LogP contribution in [0.25, 0.3) is 0 Å². The summed E-state index contributed by atoms with van der Waals surface area (Å²) < 4.78 is 25.5. The summed E-state index contributed by atoms with van der Waals surface area (Å²) in [5.74, 6) is 0. The van der Waals surface area contributed by atoms with Crippen molar-refractivity contribution in [3.8, 4) is 0 Å². The summed E-state index contributed by atoms with van der Waals surface area (Å²) in [6.45, 7) is 0. The first kappa shape index (κ1) is 17.5. The molecule has 1 aliphatic carbocycles. The Balaban J connectivity index is 0. The molecule has 1 aliphatic rings. The van der Waals surface area contributed by atoms with Crippen LogP contribution in [0, 0.1) is 0 Å². The van der Waals surface area contributed by atoms with Gasteiger partial charge in [-0.25, -0.2) is 5.14 Å². The van der Waals surface area contributed by atoms with Gasteiger partial charge in [0, 0.05) is 0 Å². The molecule has 0 amide bonds. The zero-order valence-corrected chi connectivity index (χ0v) is 7.14. The quantitative estimate of drug-likeness (QED) is 0.633. The Bertz CT molecular complexity index is 216. The molecular formula is C6H16CaNNaO3S. The summed E-state index contributed by atoms with van der Waals surface area (Å²) in [6.07, 6.45) is 4.72. The van der Waals surface area contributed by atoms with E-state index in [-0.39, 0.29) is 73.4 Å². The van der Waals surface area contributed by atoms with Gasteiger partial charge in [0.2, 0.25) is 0 Å². The molecule has 0 aromatic heterocycles. The predicted molar refractivity (Wildman–Crippen MR) is 56.8 cm³/mol. The molecule has 0 aliphatic heterocycles. The Morgan fingerprint density at radius 3 is 2.00 bits per heavy atom. The molecule has 72 valence electrons. The van der Waals surface area contributed by atoms with Gasteiger partial charge >= 0.3 is 77.6 Å². The maximum absolute atomic E-state index is 10.5. The molecular weight excluding hydrogens is 229 g/mol. The van der Waals surface area contributed by atoms with Gasteiger partial charge < -0.3 is 0 Å². The molecule has 0 heterocycles. The third-order valence-electron chi connectivity index (χ3n) is 1.82. The normalized spacial score (nSPS) is 18.5. The van der Waals surface area contributed by atoms with E-state index in [4.69, 9.17) is 5.14 Å². The fraction of sp³-hybridized carbons (Fsp3) is 1.00. The summed E-state index contributed by atoms with van der Waals surface area (Å²) in [4.78, 5) is 0. The Morgan fingerprint density at radius 1 is 1.15 bits per heavy atom. The second-order valence-electron chi connectivity index (χ2n) is 2.85. The van der Waals surface area contributed by atoms with Crippen molar-refractivity contribution in [1.82, 2.24) is 0 Å². The molecule has 13 heavy (non-hydrogen) atoms. The van der Waals surface area contributed by atoms with Crippen LogP contribution in [0.5, 0.6) is 0 Å². The fourth-order valence-corrected chi connectivity index (χ4v) is 1.92. The van der Waals surface area contributed by atoms with E-state index in [0.29, 0.717) is 0 Å². The second kappa shape index (κ2) is 8.30. The van der Waals surface area contributed by atoms with Crippen molar-refractivity contribution in [3.05, 3.63) is 0 Å². The van der Waals surface area contributed by atoms with Crippen LogP contribution < -0.4 is 5.14 Å². The Hall–Kier alpha value is 2.13. The molecule has 0 radical (unpaired) electrons. The van der Waals surface area contributed by atoms with E-state index >= 15 is 0 Å². The van der Waals surface area contributed by atoms with Crippen molar-refractivity contribution in [2.45, 2.75) is 38.2 Å². The summed E-state index contributed by atoms with van der Waals surface area (Å²) in [7, 11) is -3.72. The number of rotatable bonds is 2. The molecule has 0 aromatic carbocycles. The fourth-order valence-electron chi connectivity index (χ4n) is 1.35. The van der Waals surface area contributed by atoms with Crippen molar-refractivity contribution in [2.24, 2.45) is 5.14 Å². The van der Waals surface area contributed by atoms with Gasteiger partial charge in [-0.3, -0.25) is 4.18 Å². The van der Waals surface area contributed by atoms with Crippen molar-refractivity contribution in [1.29, 1.82) is 0 Å². The zero-order chi connectivity index (χ0) is 8.32. The first-order chi connectivity index (χ1) is 5.08. The van der Waals surface area contributed by atoms with Gasteiger partial charge in [-0.2, -0.15) is 8.42 Å². The van der Waals surface area contributed by atoms with E-state index in [1.807, 2.05) is 0 Å². The van der Waals surface area contributed by atoms with Crippen LogP contribution in [0.1, 0.15) is 32.1 Å². The van der Waals surface area contributed by atoms with Gasteiger partial charge in [0.15, 0.2) is 0 Å². The molecule has 7 heteroatoms. The first-order valence-corrected chi connectivity index (χ1v) is 5.26. The Kier molecular flexibility index (Phi) is 11.2. The molecule has 1 saturated carbocycles. The minimum atomic E-state index is -3.72. The van der Waals surface area contributed by atoms with E-state index in [1.165, 1.54) is 6.42 Å². The monoisotopic (exact) mass is 245 g/mol. The Morgan fingerprint density at radius 2 is 1.62 bits per heavy atom. The SMILES string of the molecule is NS(=O)(=O)OC1CCCCC1.[CaH2].[NaH]. The van der Waals surface area contributed by atoms with E-state index in [1.54, 1.807) is 0 Å². The third-order valence-corrected chi connectivity index (χ3v) is 2.36. The number of hydrogen-bond donors (Lipinski definition) is 1. The van der Waals surface area contributed by atoms with Crippen molar-refractivity contribution in [2.75, 3.05) is 0 Å². The van der Waals surface area contributed by atoms with Gasteiger partial charge in [-0.05, 0) is 12.8 Å². The van der Waals surface area contributed by atoms with Crippen LogP contribution in [0.4, 0.5) is 0 Å². The van der Waals surface area contributed by atoms with Crippen LogP contribution in [0.3, 0.4) is 0 Å². The molecule has 0 atom stereocenters. The van der Waals surface area contributed by atoms with E-state index < -0.39 is 10.3 Å². The van der Waals surface area contributed by atoms with Crippen LogP contribution in [0.15, 0.2) is 0 Å². The van der Waals surface area contributed by atoms with Crippen molar-refractivity contribution >= 4 is 77.6 Å². The van der Waals surface area contributed by atoms with Crippen LogP contribution in [-0.2, 0) is 14.5 Å². The van der Waals surface area contributed by atoms with E-state index in [9.17, 15) is 8.42 Å². The summed E-state index contributed by atoms with van der Waals surface area (Å²) >= 11 is 0. The second-order valence-corrected chi connectivity index (χ2v) is 4.03. The molecule has 2 N–H and O–H groups in total. The van der Waals surface area contributed by atoms with Crippen molar-refractivity contribution in [3.63, 3.8) is 0 Å². The predicted octanol–water partition coefficient (Wildman–Crippen LogP) is -1.03.